The standard InChI is InChI=1S/C28H33N3O6Si/c1-8-28(35)20-12-21-23-16(13-31(21)25(32)19(20)14-36-26(28)33)11-18-22(37-27(34)30(3)4)10-9-17(24(18)29-23)15(2)38(5,6)7/h9-12,15,35H,8,13-14H2,1-7H3/t15?,28-/m0/s1. The van der Waals surface area contributed by atoms with Crippen molar-refractivity contribution in [1.82, 2.24) is 14.5 Å². The average molecular weight is 536 g/mol. The fraction of sp³-hybridized carbons (Fsp3) is 0.429. The Morgan fingerprint density at radius 3 is 2.61 bits per heavy atom. The van der Waals surface area contributed by atoms with E-state index in [9.17, 15) is 19.5 Å². The smallest absolute Gasteiger partial charge is 0.414 e. The highest BCUT2D eigenvalue weighted by molar-refractivity contribution is 6.77. The first-order valence-electron chi connectivity index (χ1n) is 12.8. The van der Waals surface area contributed by atoms with Gasteiger partial charge in [0.2, 0.25) is 0 Å². The lowest BCUT2D eigenvalue weighted by Crippen LogP contribution is -2.44. The van der Waals surface area contributed by atoms with Gasteiger partial charge >= 0.3 is 12.1 Å². The second-order valence-corrected chi connectivity index (χ2v) is 17.1. The maximum atomic E-state index is 13.5. The van der Waals surface area contributed by atoms with E-state index in [1.54, 1.807) is 31.7 Å². The highest BCUT2D eigenvalue weighted by Crippen LogP contribution is 2.42. The summed E-state index contributed by atoms with van der Waals surface area (Å²) in [5, 5.41) is 11.9. The van der Waals surface area contributed by atoms with Gasteiger partial charge in [0.05, 0.1) is 37.1 Å². The molecular formula is C28H33N3O6Si. The van der Waals surface area contributed by atoms with Crippen LogP contribution in [0.15, 0.2) is 29.1 Å². The Bertz CT molecular complexity index is 1570. The van der Waals surface area contributed by atoms with Gasteiger partial charge in [-0.2, -0.15) is 0 Å². The first kappa shape index (κ1) is 26.1. The molecule has 9 nitrogen and oxygen atoms in total. The van der Waals surface area contributed by atoms with E-state index in [2.05, 4.69) is 26.6 Å². The average Bonchev–Trinajstić information content (AvgIpc) is 3.22. The molecule has 2 aliphatic heterocycles. The van der Waals surface area contributed by atoms with Gasteiger partial charge in [0.25, 0.3) is 5.56 Å². The number of esters is 1. The Hall–Kier alpha value is -3.50. The first-order chi connectivity index (χ1) is 17.8. The molecule has 0 bridgehead atoms. The maximum absolute atomic E-state index is 13.5. The quantitative estimate of drug-likeness (QED) is 0.309. The SMILES string of the molecule is CC[C@@]1(O)C(=O)OCc2c1cc1n(c2=O)Cc2cc3c(OC(=O)N(C)C)ccc(C(C)[Si](C)(C)C)c3nc2-1. The lowest BCUT2D eigenvalue weighted by molar-refractivity contribution is -0.172. The van der Waals surface area contributed by atoms with Crippen molar-refractivity contribution in [3.63, 3.8) is 0 Å². The summed E-state index contributed by atoms with van der Waals surface area (Å²) in [6, 6.07) is 7.45. The molecule has 10 heteroatoms. The highest BCUT2D eigenvalue weighted by atomic mass is 28.3. The van der Waals surface area contributed by atoms with Gasteiger partial charge in [-0.05, 0) is 35.7 Å². The Kier molecular flexibility index (Phi) is 6.03. The van der Waals surface area contributed by atoms with E-state index in [1.807, 2.05) is 18.2 Å². The molecule has 200 valence electrons. The molecule has 1 amide bonds. The molecule has 0 saturated carbocycles. The van der Waals surface area contributed by atoms with E-state index >= 15 is 0 Å². The number of aromatic nitrogens is 2. The lowest BCUT2D eigenvalue weighted by atomic mass is 9.86. The largest absolute Gasteiger partial charge is 0.458 e. The number of cyclic esters (lactones) is 1. The summed E-state index contributed by atoms with van der Waals surface area (Å²) in [6.45, 7) is 10.9. The Labute approximate surface area is 222 Å². The number of hydrogen-bond acceptors (Lipinski definition) is 7. The van der Waals surface area contributed by atoms with Crippen molar-refractivity contribution in [1.29, 1.82) is 0 Å². The fourth-order valence-electron chi connectivity index (χ4n) is 5.15. The number of ether oxygens (including phenoxy) is 2. The zero-order valence-corrected chi connectivity index (χ0v) is 23.8. The monoisotopic (exact) mass is 535 g/mol. The summed E-state index contributed by atoms with van der Waals surface area (Å²) in [5.74, 6) is -0.345. The predicted octanol–water partition coefficient (Wildman–Crippen LogP) is 4.12. The van der Waals surface area contributed by atoms with Crippen LogP contribution in [0, 0.1) is 0 Å². The number of benzene rings is 1. The van der Waals surface area contributed by atoms with E-state index < -0.39 is 25.7 Å². The third kappa shape index (κ3) is 3.85. The van der Waals surface area contributed by atoms with E-state index in [0.29, 0.717) is 28.0 Å². The number of pyridine rings is 2. The minimum atomic E-state index is -1.88. The predicted molar refractivity (Wildman–Crippen MR) is 146 cm³/mol. The van der Waals surface area contributed by atoms with Gasteiger partial charge in [0.15, 0.2) is 5.60 Å². The molecule has 2 atom stereocenters. The normalized spacial score (nSPS) is 18.9. The van der Waals surface area contributed by atoms with Crippen molar-refractivity contribution < 1.29 is 24.2 Å². The molecule has 1 aromatic carbocycles. The summed E-state index contributed by atoms with van der Waals surface area (Å²) < 4.78 is 12.5. The summed E-state index contributed by atoms with van der Waals surface area (Å²) >= 11 is 0. The molecule has 38 heavy (non-hydrogen) atoms. The molecule has 2 aromatic heterocycles. The van der Waals surface area contributed by atoms with Crippen LogP contribution in [-0.4, -0.2) is 53.8 Å². The topological polar surface area (TPSA) is 111 Å². The van der Waals surface area contributed by atoms with Gasteiger partial charge in [-0.1, -0.05) is 39.6 Å². The van der Waals surface area contributed by atoms with Crippen LogP contribution in [0.3, 0.4) is 0 Å². The molecule has 0 aliphatic carbocycles. The van der Waals surface area contributed by atoms with Crippen molar-refractivity contribution >= 4 is 31.0 Å². The van der Waals surface area contributed by atoms with Crippen LogP contribution in [0.25, 0.3) is 22.3 Å². The Morgan fingerprint density at radius 2 is 1.97 bits per heavy atom. The molecular weight excluding hydrogens is 502 g/mol. The van der Waals surface area contributed by atoms with E-state index in [-0.39, 0.29) is 41.8 Å². The number of carbonyl (C=O) groups excluding carboxylic acids is 2. The molecule has 1 N–H and O–H groups in total. The number of nitrogens with zero attached hydrogens (tertiary/aromatic N) is 3. The number of fused-ring (bicyclic) bond motifs is 5. The highest BCUT2D eigenvalue weighted by Gasteiger charge is 2.45. The van der Waals surface area contributed by atoms with Gasteiger partial charge in [0.1, 0.15) is 12.4 Å². The number of hydrogen-bond donors (Lipinski definition) is 1. The second-order valence-electron chi connectivity index (χ2n) is 11.5. The summed E-state index contributed by atoms with van der Waals surface area (Å²) in [7, 11) is 1.61. The van der Waals surface area contributed by atoms with Crippen LogP contribution >= 0.6 is 0 Å². The minimum absolute atomic E-state index is 0.0816. The molecule has 1 unspecified atom stereocenters. The molecule has 0 saturated heterocycles. The van der Waals surface area contributed by atoms with Gasteiger partial charge < -0.3 is 24.0 Å². The van der Waals surface area contributed by atoms with Gasteiger partial charge in [-0.25, -0.2) is 14.6 Å². The zero-order chi connectivity index (χ0) is 27.7. The van der Waals surface area contributed by atoms with Crippen molar-refractivity contribution in [3.05, 3.63) is 56.9 Å². The summed E-state index contributed by atoms with van der Waals surface area (Å²) in [4.78, 5) is 44.9. The van der Waals surface area contributed by atoms with Crippen molar-refractivity contribution in [3.8, 4) is 17.1 Å². The third-order valence-corrected chi connectivity index (χ3v) is 10.9. The molecule has 0 radical (unpaired) electrons. The van der Waals surface area contributed by atoms with Crippen LogP contribution in [0.5, 0.6) is 5.75 Å². The van der Waals surface area contributed by atoms with E-state index in [4.69, 9.17) is 14.5 Å². The van der Waals surface area contributed by atoms with E-state index in [1.165, 1.54) is 4.90 Å². The molecule has 2 aliphatic rings. The Balaban J connectivity index is 1.77. The summed E-state index contributed by atoms with van der Waals surface area (Å²) in [6.07, 6.45) is -0.411. The van der Waals surface area contributed by atoms with Crippen LogP contribution in [0.4, 0.5) is 4.79 Å². The first-order valence-corrected chi connectivity index (χ1v) is 16.4. The number of carbonyl (C=O) groups is 2. The van der Waals surface area contributed by atoms with Crippen LogP contribution < -0.4 is 10.3 Å². The number of aliphatic hydroxyl groups is 1. The van der Waals surface area contributed by atoms with Gasteiger partial charge in [0, 0.05) is 30.6 Å². The third-order valence-electron chi connectivity index (χ3n) is 8.00. The second kappa shape index (κ2) is 8.77. The van der Waals surface area contributed by atoms with Gasteiger partial charge in [-0.15, -0.1) is 0 Å². The number of amides is 1. The zero-order valence-electron chi connectivity index (χ0n) is 22.8. The summed E-state index contributed by atoms with van der Waals surface area (Å²) in [5.41, 5.74) is 2.36. The molecule has 0 spiro atoms. The van der Waals surface area contributed by atoms with E-state index in [0.717, 1.165) is 11.1 Å². The molecule has 5 rings (SSSR count). The fourth-order valence-corrected chi connectivity index (χ4v) is 6.32. The van der Waals surface area contributed by atoms with Crippen molar-refractivity contribution in [2.75, 3.05) is 14.1 Å². The minimum Gasteiger partial charge on any atom is -0.458 e. The molecule has 4 heterocycles. The van der Waals surface area contributed by atoms with Crippen LogP contribution in [0.1, 0.15) is 48.1 Å². The maximum Gasteiger partial charge on any atom is 0.414 e. The van der Waals surface area contributed by atoms with Crippen molar-refractivity contribution in [2.24, 2.45) is 0 Å². The Morgan fingerprint density at radius 1 is 1.26 bits per heavy atom. The lowest BCUT2D eigenvalue weighted by Gasteiger charge is -2.31. The van der Waals surface area contributed by atoms with Gasteiger partial charge in [-0.3, -0.25) is 4.79 Å². The van der Waals surface area contributed by atoms with Crippen molar-refractivity contribution in [2.45, 2.75) is 64.2 Å². The number of rotatable bonds is 4. The van der Waals surface area contributed by atoms with Crippen LogP contribution in [-0.2, 0) is 28.3 Å². The molecule has 0 fully saturated rings. The van der Waals surface area contributed by atoms with Crippen LogP contribution in [0.2, 0.25) is 19.6 Å². The molecule has 3 aromatic rings.